The number of hydrogen-bond donors (Lipinski definition) is 1. The summed E-state index contributed by atoms with van der Waals surface area (Å²) in [5.74, 6) is 0. The maximum Gasteiger partial charge on any atom is 0.238 e. The van der Waals surface area contributed by atoms with E-state index < -0.39 is 10.0 Å². The Balaban J connectivity index is 2.75. The molecule has 0 spiro atoms. The van der Waals surface area contributed by atoms with Gasteiger partial charge in [-0.15, -0.1) is 0 Å². The molecule has 2 rings (SSSR count). The molecule has 1 radical (unpaired) electrons. The fourth-order valence-corrected chi connectivity index (χ4v) is 1.78. The Labute approximate surface area is 82.2 Å². The molecule has 14 heavy (non-hydrogen) atoms. The average Bonchev–Trinajstić information content (AvgIpc) is 2.16. The topological polar surface area (TPSA) is 60.2 Å². The van der Waals surface area contributed by atoms with Crippen molar-refractivity contribution >= 4 is 20.8 Å². The molecule has 0 saturated carbocycles. The van der Waals surface area contributed by atoms with Crippen molar-refractivity contribution in [3.8, 4) is 0 Å². The highest BCUT2D eigenvalue weighted by molar-refractivity contribution is 7.89. The Bertz CT molecular complexity index is 575. The van der Waals surface area contributed by atoms with Crippen LogP contribution in [0.5, 0.6) is 0 Å². The van der Waals surface area contributed by atoms with Gasteiger partial charge in [0.15, 0.2) is 0 Å². The largest absolute Gasteiger partial charge is 0.238 e. The van der Waals surface area contributed by atoms with Crippen LogP contribution in [0.2, 0.25) is 0 Å². The molecule has 0 aromatic heterocycles. The Kier molecular flexibility index (Phi) is 2.02. The number of fused-ring (bicyclic) bond motifs is 1. The Morgan fingerprint density at radius 1 is 1.14 bits per heavy atom. The summed E-state index contributed by atoms with van der Waals surface area (Å²) in [5.41, 5.74) is 0. The second-order valence-corrected chi connectivity index (χ2v) is 4.50. The lowest BCUT2D eigenvalue weighted by atomic mass is 10.1. The van der Waals surface area contributed by atoms with Crippen LogP contribution in [0.15, 0.2) is 41.3 Å². The van der Waals surface area contributed by atoms with Crippen molar-refractivity contribution in [2.75, 3.05) is 0 Å². The maximum absolute atomic E-state index is 11.0. The highest BCUT2D eigenvalue weighted by atomic mass is 32.2. The van der Waals surface area contributed by atoms with Gasteiger partial charge in [-0.2, -0.15) is 0 Å². The summed E-state index contributed by atoms with van der Waals surface area (Å²) in [7, 11) is -3.65. The molecule has 0 bridgehead atoms. The quantitative estimate of drug-likeness (QED) is 0.764. The SMILES string of the molecule is NS(=O)(=O)c1[c]cc2ccccc2c1. The normalized spacial score (nSPS) is 11.8. The molecule has 2 N–H and O–H groups in total. The first-order valence-corrected chi connectivity index (χ1v) is 5.55. The summed E-state index contributed by atoms with van der Waals surface area (Å²) in [4.78, 5) is 0.0243. The number of primary sulfonamides is 1. The number of hydrogen-bond acceptors (Lipinski definition) is 2. The summed E-state index contributed by atoms with van der Waals surface area (Å²) in [5, 5.41) is 6.78. The van der Waals surface area contributed by atoms with Gasteiger partial charge in [-0.05, 0) is 22.9 Å². The zero-order valence-electron chi connectivity index (χ0n) is 7.27. The highest BCUT2D eigenvalue weighted by Crippen LogP contribution is 2.17. The van der Waals surface area contributed by atoms with Gasteiger partial charge in [-0.1, -0.05) is 24.3 Å². The van der Waals surface area contributed by atoms with Crippen LogP contribution in [0, 0.1) is 6.07 Å². The van der Waals surface area contributed by atoms with E-state index in [1.54, 1.807) is 6.07 Å². The first kappa shape index (κ1) is 9.18. The van der Waals surface area contributed by atoms with Crippen molar-refractivity contribution in [1.82, 2.24) is 0 Å². The minimum Gasteiger partial charge on any atom is -0.225 e. The lowest BCUT2D eigenvalue weighted by Gasteiger charge is -2.00. The molecular weight excluding hydrogens is 198 g/mol. The van der Waals surface area contributed by atoms with Crippen LogP contribution in [0.3, 0.4) is 0 Å². The molecule has 0 fully saturated rings. The van der Waals surface area contributed by atoms with E-state index in [0.29, 0.717) is 0 Å². The van der Waals surface area contributed by atoms with Crippen LogP contribution in [-0.4, -0.2) is 8.42 Å². The van der Waals surface area contributed by atoms with E-state index in [9.17, 15) is 8.42 Å². The zero-order valence-corrected chi connectivity index (χ0v) is 8.08. The van der Waals surface area contributed by atoms with Gasteiger partial charge in [0.05, 0.1) is 4.90 Å². The third-order valence-electron chi connectivity index (χ3n) is 1.96. The van der Waals surface area contributed by atoms with Gasteiger partial charge in [-0.3, -0.25) is 0 Å². The predicted octanol–water partition coefficient (Wildman–Crippen LogP) is 1.29. The lowest BCUT2D eigenvalue weighted by molar-refractivity contribution is 0.598. The van der Waals surface area contributed by atoms with Crippen LogP contribution < -0.4 is 5.14 Å². The number of nitrogens with two attached hydrogens (primary N) is 1. The van der Waals surface area contributed by atoms with E-state index in [2.05, 4.69) is 6.07 Å². The minimum absolute atomic E-state index is 0.0243. The van der Waals surface area contributed by atoms with Crippen LogP contribution in [0.25, 0.3) is 10.8 Å². The smallest absolute Gasteiger partial charge is 0.225 e. The first-order chi connectivity index (χ1) is 6.57. The van der Waals surface area contributed by atoms with Gasteiger partial charge in [0.1, 0.15) is 0 Å². The van der Waals surface area contributed by atoms with E-state index in [1.165, 1.54) is 6.07 Å². The van der Waals surface area contributed by atoms with Gasteiger partial charge in [0.2, 0.25) is 10.0 Å². The van der Waals surface area contributed by atoms with Crippen molar-refractivity contribution in [3.05, 3.63) is 42.5 Å². The van der Waals surface area contributed by atoms with E-state index in [-0.39, 0.29) is 4.90 Å². The molecule has 0 aliphatic rings. The van der Waals surface area contributed by atoms with Crippen LogP contribution >= 0.6 is 0 Å². The Morgan fingerprint density at radius 2 is 1.79 bits per heavy atom. The number of rotatable bonds is 1. The number of sulfonamides is 1. The first-order valence-electron chi connectivity index (χ1n) is 4.01. The van der Waals surface area contributed by atoms with E-state index in [4.69, 9.17) is 5.14 Å². The van der Waals surface area contributed by atoms with Gasteiger partial charge < -0.3 is 0 Å². The van der Waals surface area contributed by atoms with Crippen molar-refractivity contribution in [1.29, 1.82) is 0 Å². The maximum atomic E-state index is 11.0. The van der Waals surface area contributed by atoms with Gasteiger partial charge in [0.25, 0.3) is 0 Å². The van der Waals surface area contributed by atoms with E-state index in [0.717, 1.165) is 10.8 Å². The standard InChI is InChI=1S/C10H8NO2S/c11-14(12,13)10-6-5-8-3-1-2-4-9(8)7-10/h1-5,7H,(H2,11,12,13). The molecule has 0 saturated heterocycles. The van der Waals surface area contributed by atoms with Gasteiger partial charge in [0, 0.05) is 6.07 Å². The second kappa shape index (κ2) is 3.08. The predicted molar refractivity (Wildman–Crippen MR) is 54.2 cm³/mol. The zero-order chi connectivity index (χ0) is 10.2. The summed E-state index contributed by atoms with van der Waals surface area (Å²) in [6.45, 7) is 0. The molecule has 71 valence electrons. The van der Waals surface area contributed by atoms with Crippen molar-refractivity contribution in [3.63, 3.8) is 0 Å². The van der Waals surface area contributed by atoms with Crippen LogP contribution in [0.1, 0.15) is 0 Å². The van der Waals surface area contributed by atoms with Crippen molar-refractivity contribution < 1.29 is 8.42 Å². The van der Waals surface area contributed by atoms with Gasteiger partial charge in [-0.25, -0.2) is 13.6 Å². The highest BCUT2D eigenvalue weighted by Gasteiger charge is 2.07. The molecule has 0 unspecified atom stereocenters. The monoisotopic (exact) mass is 206 g/mol. The Morgan fingerprint density at radius 3 is 2.43 bits per heavy atom. The number of benzene rings is 2. The average molecular weight is 206 g/mol. The molecule has 0 aliphatic heterocycles. The molecule has 0 aliphatic carbocycles. The minimum atomic E-state index is -3.65. The fraction of sp³-hybridized carbons (Fsp3) is 0. The molecular formula is C10H8NO2S. The van der Waals surface area contributed by atoms with Gasteiger partial charge >= 0.3 is 0 Å². The fourth-order valence-electron chi connectivity index (χ4n) is 1.27. The van der Waals surface area contributed by atoms with Crippen LogP contribution in [-0.2, 0) is 10.0 Å². The van der Waals surface area contributed by atoms with Crippen molar-refractivity contribution in [2.24, 2.45) is 5.14 Å². The molecule has 0 heterocycles. The lowest BCUT2D eigenvalue weighted by Crippen LogP contribution is -2.11. The molecule has 4 heteroatoms. The summed E-state index contributed by atoms with van der Waals surface area (Å²) in [6.07, 6.45) is 0. The molecule has 2 aromatic carbocycles. The molecule has 3 nitrogen and oxygen atoms in total. The second-order valence-electron chi connectivity index (χ2n) is 2.97. The molecule has 2 aromatic rings. The molecule has 0 amide bonds. The molecule has 0 atom stereocenters. The summed E-state index contributed by atoms with van der Waals surface area (Å²) in [6, 6.07) is 13.2. The third-order valence-corrected chi connectivity index (χ3v) is 2.81. The van der Waals surface area contributed by atoms with E-state index in [1.807, 2.05) is 24.3 Å². The van der Waals surface area contributed by atoms with Crippen LogP contribution in [0.4, 0.5) is 0 Å². The van der Waals surface area contributed by atoms with Crippen molar-refractivity contribution in [2.45, 2.75) is 4.90 Å². The van der Waals surface area contributed by atoms with E-state index >= 15 is 0 Å². The summed E-state index contributed by atoms with van der Waals surface area (Å²) < 4.78 is 22.0. The third kappa shape index (κ3) is 1.62. The summed E-state index contributed by atoms with van der Waals surface area (Å²) >= 11 is 0. The Hall–Kier alpha value is -1.39.